The van der Waals surface area contributed by atoms with Crippen LogP contribution in [-0.2, 0) is 0 Å². The van der Waals surface area contributed by atoms with Crippen molar-refractivity contribution in [2.45, 2.75) is 38.6 Å². The van der Waals surface area contributed by atoms with Crippen molar-refractivity contribution in [1.29, 1.82) is 0 Å². The van der Waals surface area contributed by atoms with Crippen LogP contribution in [0.2, 0.25) is 0 Å². The smallest absolute Gasteiger partial charge is 0.341 e. The van der Waals surface area contributed by atoms with Crippen molar-refractivity contribution in [2.24, 2.45) is 0 Å². The van der Waals surface area contributed by atoms with Crippen molar-refractivity contribution >= 4 is 16.9 Å². The van der Waals surface area contributed by atoms with Gasteiger partial charge in [-0.1, -0.05) is 13.8 Å². The van der Waals surface area contributed by atoms with E-state index >= 15 is 0 Å². The Hall–Kier alpha value is -2.37. The molecule has 1 saturated carbocycles. The minimum absolute atomic E-state index is 0.0514. The molecule has 2 aromatic rings. The molecule has 23 heavy (non-hydrogen) atoms. The second kappa shape index (κ2) is 5.37. The maximum absolute atomic E-state index is 14.5. The summed E-state index contributed by atoms with van der Waals surface area (Å²) in [6.45, 7) is 3.69. The van der Waals surface area contributed by atoms with Gasteiger partial charge in [0.25, 0.3) is 0 Å². The minimum Gasteiger partial charge on any atom is -0.494 e. The van der Waals surface area contributed by atoms with E-state index in [1.807, 2.05) is 13.8 Å². The van der Waals surface area contributed by atoms with Gasteiger partial charge in [0.1, 0.15) is 17.1 Å². The Balaban J connectivity index is 2.52. The van der Waals surface area contributed by atoms with E-state index in [2.05, 4.69) is 0 Å². The number of rotatable bonds is 4. The van der Waals surface area contributed by atoms with Crippen LogP contribution in [0.25, 0.3) is 10.9 Å². The number of carbonyl (C=O) groups is 1. The van der Waals surface area contributed by atoms with Gasteiger partial charge in [-0.2, -0.15) is 0 Å². The molecule has 1 aliphatic carbocycles. The summed E-state index contributed by atoms with van der Waals surface area (Å²) in [7, 11) is 1.44. The molecular formula is C17H18FNO4. The molecule has 3 rings (SSSR count). The Morgan fingerprint density at radius 2 is 2.09 bits per heavy atom. The number of aromatic nitrogens is 1. The van der Waals surface area contributed by atoms with Crippen LogP contribution < -0.4 is 10.2 Å². The number of fused-ring (bicyclic) bond motifs is 1. The number of pyridine rings is 1. The number of benzene rings is 1. The number of carboxylic acid groups (broad SMARTS) is 1. The number of aromatic carboxylic acids is 1. The van der Waals surface area contributed by atoms with Crippen molar-refractivity contribution in [3.63, 3.8) is 0 Å². The average Bonchev–Trinajstić information content (AvgIpc) is 3.30. The molecular weight excluding hydrogens is 301 g/mol. The number of nitrogens with zero attached hydrogens (tertiary/aromatic N) is 1. The largest absolute Gasteiger partial charge is 0.494 e. The van der Waals surface area contributed by atoms with Gasteiger partial charge < -0.3 is 14.4 Å². The number of hydrogen-bond acceptors (Lipinski definition) is 3. The van der Waals surface area contributed by atoms with Gasteiger partial charge in [0.15, 0.2) is 0 Å². The zero-order valence-electron chi connectivity index (χ0n) is 13.2. The van der Waals surface area contributed by atoms with Crippen LogP contribution in [0.5, 0.6) is 5.75 Å². The van der Waals surface area contributed by atoms with E-state index in [1.165, 1.54) is 13.3 Å². The molecule has 1 aromatic carbocycles. The van der Waals surface area contributed by atoms with E-state index in [0.29, 0.717) is 16.8 Å². The fourth-order valence-electron chi connectivity index (χ4n) is 3.01. The first-order valence-corrected chi connectivity index (χ1v) is 7.55. The van der Waals surface area contributed by atoms with Gasteiger partial charge in [-0.3, -0.25) is 4.79 Å². The van der Waals surface area contributed by atoms with E-state index in [-0.39, 0.29) is 22.9 Å². The summed E-state index contributed by atoms with van der Waals surface area (Å²) in [5.74, 6) is -1.67. The summed E-state index contributed by atoms with van der Waals surface area (Å²) in [4.78, 5) is 23.8. The summed E-state index contributed by atoms with van der Waals surface area (Å²) in [5, 5.41) is 9.30. The Bertz CT molecular complexity index is 865. The molecule has 0 unspecified atom stereocenters. The molecule has 1 heterocycles. The van der Waals surface area contributed by atoms with Crippen LogP contribution in [-0.4, -0.2) is 22.8 Å². The van der Waals surface area contributed by atoms with Crippen LogP contribution >= 0.6 is 0 Å². The van der Waals surface area contributed by atoms with Crippen LogP contribution in [0.1, 0.15) is 54.6 Å². The number of methoxy groups -OCH3 is 1. The lowest BCUT2D eigenvalue weighted by Crippen LogP contribution is -2.20. The van der Waals surface area contributed by atoms with Crippen molar-refractivity contribution in [1.82, 2.24) is 4.57 Å². The number of ether oxygens (including phenoxy) is 1. The molecule has 0 aliphatic heterocycles. The zero-order valence-corrected chi connectivity index (χ0v) is 13.2. The quantitative estimate of drug-likeness (QED) is 0.939. The lowest BCUT2D eigenvalue weighted by Gasteiger charge is -2.19. The lowest BCUT2D eigenvalue weighted by atomic mass is 9.98. The molecule has 0 spiro atoms. The van der Waals surface area contributed by atoms with Gasteiger partial charge in [0.2, 0.25) is 5.43 Å². The molecule has 122 valence electrons. The standard InChI is InChI=1S/C17H18FNO4/c1-8(2)13-12(18)6-10-14(16(13)23-3)19(9-4-5-9)7-11(15(10)20)17(21)22/h6-9H,4-5H2,1-3H3,(H,21,22). The minimum atomic E-state index is -1.31. The summed E-state index contributed by atoms with van der Waals surface area (Å²) < 4.78 is 21.7. The van der Waals surface area contributed by atoms with Gasteiger partial charge in [0, 0.05) is 17.8 Å². The maximum atomic E-state index is 14.5. The predicted octanol–water partition coefficient (Wildman–Crippen LogP) is 3.31. The molecule has 0 radical (unpaired) electrons. The van der Waals surface area contributed by atoms with E-state index in [1.54, 1.807) is 4.57 Å². The predicted molar refractivity (Wildman–Crippen MR) is 84.0 cm³/mol. The third kappa shape index (κ3) is 2.38. The van der Waals surface area contributed by atoms with Gasteiger partial charge >= 0.3 is 5.97 Å². The van der Waals surface area contributed by atoms with E-state index in [4.69, 9.17) is 4.74 Å². The highest BCUT2D eigenvalue weighted by molar-refractivity contribution is 5.95. The number of hydrogen-bond donors (Lipinski definition) is 1. The molecule has 0 saturated heterocycles. The molecule has 6 heteroatoms. The van der Waals surface area contributed by atoms with Crippen LogP contribution in [0.3, 0.4) is 0 Å². The SMILES string of the molecule is COc1c(C(C)C)c(F)cc2c(=O)c(C(=O)O)cn(C3CC3)c12. The topological polar surface area (TPSA) is 68.5 Å². The molecule has 1 aromatic heterocycles. The summed E-state index contributed by atoms with van der Waals surface area (Å²) in [6.07, 6.45) is 3.15. The highest BCUT2D eigenvalue weighted by Gasteiger charge is 2.30. The van der Waals surface area contributed by atoms with E-state index < -0.39 is 17.2 Å². The molecule has 1 N–H and O–H groups in total. The first-order chi connectivity index (χ1) is 10.9. The van der Waals surface area contributed by atoms with Gasteiger partial charge in [-0.25, -0.2) is 9.18 Å². The second-order valence-corrected chi connectivity index (χ2v) is 6.17. The molecule has 1 aliphatic rings. The normalized spacial score (nSPS) is 14.5. The lowest BCUT2D eigenvalue weighted by molar-refractivity contribution is 0.0695. The Morgan fingerprint density at radius 1 is 1.43 bits per heavy atom. The summed E-state index contributed by atoms with van der Waals surface area (Å²) >= 11 is 0. The third-order valence-electron chi connectivity index (χ3n) is 4.21. The second-order valence-electron chi connectivity index (χ2n) is 6.17. The first kappa shape index (κ1) is 15.5. The fraction of sp³-hybridized carbons (Fsp3) is 0.412. The average molecular weight is 319 g/mol. The Labute approximate surface area is 132 Å². The van der Waals surface area contributed by atoms with Crippen LogP contribution in [0.15, 0.2) is 17.1 Å². The Morgan fingerprint density at radius 3 is 2.57 bits per heavy atom. The summed E-state index contributed by atoms with van der Waals surface area (Å²) in [6, 6.07) is 1.26. The van der Waals surface area contributed by atoms with E-state index in [9.17, 15) is 19.1 Å². The van der Waals surface area contributed by atoms with Crippen LogP contribution in [0.4, 0.5) is 4.39 Å². The van der Waals surface area contributed by atoms with Crippen molar-refractivity contribution < 1.29 is 19.0 Å². The molecule has 1 fully saturated rings. The van der Waals surface area contributed by atoms with Gasteiger partial charge in [-0.05, 0) is 24.8 Å². The third-order valence-corrected chi connectivity index (χ3v) is 4.21. The molecule has 0 bridgehead atoms. The van der Waals surface area contributed by atoms with Crippen LogP contribution in [0, 0.1) is 5.82 Å². The summed E-state index contributed by atoms with van der Waals surface area (Å²) in [5.41, 5.74) is -0.146. The number of carboxylic acids is 1. The maximum Gasteiger partial charge on any atom is 0.341 e. The Kier molecular flexibility index (Phi) is 3.62. The molecule has 0 atom stereocenters. The van der Waals surface area contributed by atoms with Crippen molar-refractivity contribution in [3.8, 4) is 5.75 Å². The van der Waals surface area contributed by atoms with Gasteiger partial charge in [-0.15, -0.1) is 0 Å². The van der Waals surface area contributed by atoms with Gasteiger partial charge in [0.05, 0.1) is 18.0 Å². The highest BCUT2D eigenvalue weighted by Crippen LogP contribution is 2.42. The monoisotopic (exact) mass is 319 g/mol. The van der Waals surface area contributed by atoms with Crippen molar-refractivity contribution in [3.05, 3.63) is 39.4 Å². The zero-order chi connectivity index (χ0) is 16.9. The highest BCUT2D eigenvalue weighted by atomic mass is 19.1. The first-order valence-electron chi connectivity index (χ1n) is 7.55. The van der Waals surface area contributed by atoms with E-state index in [0.717, 1.165) is 18.9 Å². The fourth-order valence-corrected chi connectivity index (χ4v) is 3.01. The van der Waals surface area contributed by atoms with Crippen molar-refractivity contribution in [2.75, 3.05) is 7.11 Å². The molecule has 5 nitrogen and oxygen atoms in total. The molecule has 0 amide bonds. The number of halogens is 1.